The van der Waals surface area contributed by atoms with Crippen molar-refractivity contribution in [1.82, 2.24) is 9.80 Å². The highest BCUT2D eigenvalue weighted by molar-refractivity contribution is 6.45. The second-order valence-electron chi connectivity index (χ2n) is 8.32. The summed E-state index contributed by atoms with van der Waals surface area (Å²) in [6.45, 7) is 1.27. The summed E-state index contributed by atoms with van der Waals surface area (Å²) >= 11 is 5.96. The highest BCUT2D eigenvalue weighted by Gasteiger charge is 2.52. The highest BCUT2D eigenvalue weighted by atomic mass is 35.5. The molecule has 0 spiro atoms. The van der Waals surface area contributed by atoms with Gasteiger partial charge >= 0.3 is 17.8 Å². The minimum absolute atomic E-state index is 0.217. The van der Waals surface area contributed by atoms with E-state index in [1.165, 1.54) is 19.6 Å². The third-order valence-electron chi connectivity index (χ3n) is 6.64. The molecule has 3 aliphatic rings. The highest BCUT2D eigenvalue weighted by Crippen LogP contribution is 2.50. The summed E-state index contributed by atoms with van der Waals surface area (Å²) in [5.41, 5.74) is 0.313. The molecule has 1 N–H and O–H groups in total. The first-order valence-electron chi connectivity index (χ1n) is 10.1. The molecule has 30 heavy (non-hydrogen) atoms. The number of rotatable bonds is 6. The number of benzene rings is 1. The number of halogens is 1. The molecule has 0 unspecified atom stereocenters. The summed E-state index contributed by atoms with van der Waals surface area (Å²) in [6.07, 6.45) is 4.42. The number of urea groups is 1. The maximum absolute atomic E-state index is 12.9. The lowest BCUT2D eigenvalue weighted by molar-refractivity contribution is -0.144. The van der Waals surface area contributed by atoms with Gasteiger partial charge < -0.3 is 10.1 Å². The van der Waals surface area contributed by atoms with Crippen LogP contribution in [0.1, 0.15) is 32.6 Å². The van der Waals surface area contributed by atoms with E-state index < -0.39 is 30.3 Å². The Bertz CT molecular complexity index is 920. The molecule has 4 atom stereocenters. The average molecular weight is 434 g/mol. The number of anilines is 1. The molecular weight excluding hydrogens is 410 g/mol. The van der Waals surface area contributed by atoms with Crippen molar-refractivity contribution in [1.29, 1.82) is 0 Å². The van der Waals surface area contributed by atoms with Crippen LogP contribution >= 0.6 is 11.6 Å². The van der Waals surface area contributed by atoms with Crippen LogP contribution in [-0.4, -0.2) is 53.2 Å². The normalized spacial score (nSPS) is 26.5. The number of amides is 5. The number of nitrogens with one attached hydrogen (secondary N) is 1. The van der Waals surface area contributed by atoms with E-state index >= 15 is 0 Å². The van der Waals surface area contributed by atoms with Crippen molar-refractivity contribution in [2.75, 3.05) is 19.0 Å². The molecule has 1 aromatic rings. The largest absolute Gasteiger partial charge is 0.495 e. The Balaban J connectivity index is 1.45. The molecule has 2 bridgehead atoms. The molecule has 160 valence electrons. The average Bonchev–Trinajstić information content (AvgIpc) is 3.39. The molecule has 2 saturated carbocycles. The Kier molecular flexibility index (Phi) is 5.44. The maximum atomic E-state index is 12.9. The predicted octanol–water partition coefficient (Wildman–Crippen LogP) is 2.90. The third-order valence-corrected chi connectivity index (χ3v) is 6.88. The van der Waals surface area contributed by atoms with E-state index in [2.05, 4.69) is 5.32 Å². The number of carbonyl (C=O) groups is 4. The number of nitrogens with zero attached hydrogens (tertiary/aromatic N) is 2. The molecule has 1 saturated heterocycles. The van der Waals surface area contributed by atoms with Crippen LogP contribution in [0.4, 0.5) is 10.5 Å². The van der Waals surface area contributed by atoms with Crippen LogP contribution in [0.15, 0.2) is 18.2 Å². The van der Waals surface area contributed by atoms with Crippen LogP contribution in [0.3, 0.4) is 0 Å². The molecule has 9 heteroatoms. The van der Waals surface area contributed by atoms with Gasteiger partial charge in [0.2, 0.25) is 5.91 Å². The van der Waals surface area contributed by atoms with Gasteiger partial charge in [0.15, 0.2) is 0 Å². The maximum Gasteiger partial charge on any atom is 0.334 e. The zero-order valence-electron chi connectivity index (χ0n) is 16.9. The van der Waals surface area contributed by atoms with Crippen molar-refractivity contribution in [2.24, 2.45) is 17.8 Å². The predicted molar refractivity (Wildman–Crippen MR) is 109 cm³/mol. The minimum Gasteiger partial charge on any atom is -0.495 e. The van der Waals surface area contributed by atoms with Crippen LogP contribution < -0.4 is 10.1 Å². The molecule has 4 rings (SSSR count). The van der Waals surface area contributed by atoms with Crippen LogP contribution in [0.25, 0.3) is 0 Å². The van der Waals surface area contributed by atoms with Crippen molar-refractivity contribution in [3.63, 3.8) is 0 Å². The monoisotopic (exact) mass is 433 g/mol. The second kappa shape index (κ2) is 7.91. The van der Waals surface area contributed by atoms with Gasteiger partial charge in [-0.05, 0) is 62.1 Å². The summed E-state index contributed by atoms with van der Waals surface area (Å²) in [6, 6.07) is 3.61. The van der Waals surface area contributed by atoms with Crippen molar-refractivity contribution in [3.8, 4) is 5.75 Å². The van der Waals surface area contributed by atoms with Gasteiger partial charge in [-0.3, -0.25) is 19.3 Å². The number of methoxy groups -OCH3 is 1. The van der Waals surface area contributed by atoms with Crippen LogP contribution in [0.2, 0.25) is 5.02 Å². The molecule has 1 aromatic carbocycles. The number of carbonyl (C=O) groups excluding carboxylic acids is 4. The Morgan fingerprint density at radius 2 is 2.00 bits per heavy atom. The van der Waals surface area contributed by atoms with Gasteiger partial charge in [0.25, 0.3) is 0 Å². The fourth-order valence-electron chi connectivity index (χ4n) is 5.21. The van der Waals surface area contributed by atoms with Gasteiger partial charge in [0.1, 0.15) is 12.3 Å². The van der Waals surface area contributed by atoms with E-state index in [4.69, 9.17) is 16.3 Å². The topological polar surface area (TPSA) is 96.0 Å². The number of imide groups is 2. The molecular formula is C21H24ClN3O5. The number of fused-ring (bicyclic) bond motifs is 2. The van der Waals surface area contributed by atoms with Crippen molar-refractivity contribution in [3.05, 3.63) is 23.2 Å². The van der Waals surface area contributed by atoms with Gasteiger partial charge in [-0.2, -0.15) is 0 Å². The number of ether oxygens (including phenoxy) is 1. The van der Waals surface area contributed by atoms with Gasteiger partial charge in [-0.15, -0.1) is 0 Å². The molecule has 3 fully saturated rings. The molecule has 1 aliphatic heterocycles. The Labute approximate surface area is 179 Å². The van der Waals surface area contributed by atoms with E-state index in [0.29, 0.717) is 33.2 Å². The van der Waals surface area contributed by atoms with Crippen LogP contribution in [-0.2, 0) is 14.4 Å². The lowest BCUT2D eigenvalue weighted by Crippen LogP contribution is -2.45. The first-order valence-corrected chi connectivity index (χ1v) is 10.5. The Morgan fingerprint density at radius 1 is 1.23 bits per heavy atom. The lowest BCUT2D eigenvalue weighted by Gasteiger charge is -2.32. The number of hydrogen-bond donors (Lipinski definition) is 1. The van der Waals surface area contributed by atoms with Crippen LogP contribution in [0, 0.1) is 17.8 Å². The molecule has 5 amide bonds. The van der Waals surface area contributed by atoms with E-state index in [1.807, 2.05) is 6.92 Å². The minimum atomic E-state index is -0.969. The molecule has 8 nitrogen and oxygen atoms in total. The van der Waals surface area contributed by atoms with E-state index in [0.717, 1.165) is 24.2 Å². The van der Waals surface area contributed by atoms with Crippen molar-refractivity contribution in [2.45, 2.75) is 38.6 Å². The van der Waals surface area contributed by atoms with Gasteiger partial charge in [0, 0.05) is 11.1 Å². The first kappa shape index (κ1) is 20.7. The van der Waals surface area contributed by atoms with Gasteiger partial charge in [0.05, 0.1) is 12.8 Å². The lowest BCUT2D eigenvalue weighted by atomic mass is 9.83. The van der Waals surface area contributed by atoms with E-state index in [-0.39, 0.29) is 12.0 Å². The molecule has 2 aliphatic carbocycles. The standard InChI is InChI=1S/C21H24ClN3O5/c1-11(15-8-12-3-4-13(15)7-12)25-20(28)19(27)24(21(25)29)10-18(26)23-16-9-14(22)5-6-17(16)30-2/h5-6,9,11-13,15H,3-4,7-8,10H2,1-2H3,(H,23,26)/t11-,12-,13-,15+/m0/s1. The third kappa shape index (κ3) is 3.53. The molecule has 0 aromatic heterocycles. The fraction of sp³-hybridized carbons (Fsp3) is 0.524. The zero-order chi connectivity index (χ0) is 21.6. The van der Waals surface area contributed by atoms with E-state index in [1.54, 1.807) is 12.1 Å². The van der Waals surface area contributed by atoms with Crippen molar-refractivity contribution >= 4 is 41.0 Å². The summed E-state index contributed by atoms with van der Waals surface area (Å²) in [5.74, 6) is -0.705. The van der Waals surface area contributed by atoms with Crippen LogP contribution in [0.5, 0.6) is 5.75 Å². The smallest absolute Gasteiger partial charge is 0.334 e. The molecule has 1 heterocycles. The number of hydrogen-bond acceptors (Lipinski definition) is 5. The first-order chi connectivity index (χ1) is 14.3. The summed E-state index contributed by atoms with van der Waals surface area (Å²) < 4.78 is 5.18. The Hall–Kier alpha value is -2.61. The SMILES string of the molecule is COc1ccc(Cl)cc1NC(=O)CN1C(=O)C(=O)N([C@@H](C)[C@H]2C[C@H]3CC[C@H]2C3)C1=O. The summed E-state index contributed by atoms with van der Waals surface area (Å²) in [7, 11) is 1.44. The van der Waals surface area contributed by atoms with Gasteiger partial charge in [-0.25, -0.2) is 9.69 Å². The van der Waals surface area contributed by atoms with Gasteiger partial charge in [-0.1, -0.05) is 18.0 Å². The fourth-order valence-corrected chi connectivity index (χ4v) is 5.38. The van der Waals surface area contributed by atoms with E-state index in [9.17, 15) is 19.2 Å². The summed E-state index contributed by atoms with van der Waals surface area (Å²) in [4.78, 5) is 52.1. The Morgan fingerprint density at radius 3 is 2.63 bits per heavy atom. The second-order valence-corrected chi connectivity index (χ2v) is 8.76. The van der Waals surface area contributed by atoms with Crippen molar-refractivity contribution < 1.29 is 23.9 Å². The zero-order valence-corrected chi connectivity index (χ0v) is 17.6. The quantitative estimate of drug-likeness (QED) is 0.549. The molecule has 0 radical (unpaired) electrons. The summed E-state index contributed by atoms with van der Waals surface area (Å²) in [5, 5.41) is 2.97.